The molecule has 4 heterocycles. The standard InChI is InChI=1S/C24H29FN4O4S/c25-21-4-2-1-3-19(21)18-27-11-7-24(8-12-27)9-13-28(14-10-24)34(31,32)20-5-6-22(26-17-20)29-15-16-33-23(29)30/h1-6,17H,7-16,18H2. The Kier molecular flexibility index (Phi) is 6.30. The van der Waals surface area contributed by atoms with Crippen LogP contribution in [0.15, 0.2) is 47.5 Å². The summed E-state index contributed by atoms with van der Waals surface area (Å²) in [7, 11) is -3.64. The Balaban J connectivity index is 1.17. The van der Waals surface area contributed by atoms with Crippen molar-refractivity contribution in [1.82, 2.24) is 14.2 Å². The van der Waals surface area contributed by atoms with Gasteiger partial charge in [-0.05, 0) is 62.4 Å². The summed E-state index contributed by atoms with van der Waals surface area (Å²) in [6.07, 6.45) is 4.50. The Morgan fingerprint density at radius 3 is 2.29 bits per heavy atom. The fourth-order valence-corrected chi connectivity index (χ4v) is 6.58. The Hall–Kier alpha value is -2.56. The first-order valence-electron chi connectivity index (χ1n) is 11.7. The Morgan fingerprint density at radius 2 is 1.68 bits per heavy atom. The van der Waals surface area contributed by atoms with Crippen molar-refractivity contribution in [3.05, 3.63) is 54.0 Å². The number of hydrogen-bond donors (Lipinski definition) is 0. The van der Waals surface area contributed by atoms with E-state index in [2.05, 4.69) is 9.88 Å². The van der Waals surface area contributed by atoms with Crippen LogP contribution >= 0.6 is 0 Å². The highest BCUT2D eigenvalue weighted by atomic mass is 32.2. The van der Waals surface area contributed by atoms with Gasteiger partial charge in [-0.2, -0.15) is 4.31 Å². The van der Waals surface area contributed by atoms with Crippen LogP contribution in [-0.2, 0) is 21.3 Å². The first kappa shape index (κ1) is 23.2. The topological polar surface area (TPSA) is 83.0 Å². The van der Waals surface area contributed by atoms with Gasteiger partial charge in [0, 0.05) is 31.4 Å². The van der Waals surface area contributed by atoms with E-state index in [-0.39, 0.29) is 16.1 Å². The van der Waals surface area contributed by atoms with Crippen LogP contribution in [-0.4, -0.2) is 68.0 Å². The molecule has 34 heavy (non-hydrogen) atoms. The second-order valence-electron chi connectivity index (χ2n) is 9.39. The van der Waals surface area contributed by atoms with Crippen LogP contribution in [0, 0.1) is 11.2 Å². The van der Waals surface area contributed by atoms with Gasteiger partial charge in [-0.25, -0.2) is 22.6 Å². The molecule has 1 spiro atoms. The number of halogens is 1. The third-order valence-corrected chi connectivity index (χ3v) is 9.33. The summed E-state index contributed by atoms with van der Waals surface area (Å²) in [5, 5.41) is 0. The molecule has 3 aliphatic rings. The van der Waals surface area contributed by atoms with E-state index in [1.165, 1.54) is 23.2 Å². The number of ether oxygens (including phenoxy) is 1. The number of pyridine rings is 1. The molecule has 0 saturated carbocycles. The summed E-state index contributed by atoms with van der Waals surface area (Å²) in [6, 6.07) is 9.97. The van der Waals surface area contributed by atoms with Crippen molar-refractivity contribution in [3.63, 3.8) is 0 Å². The van der Waals surface area contributed by atoms with E-state index < -0.39 is 16.1 Å². The molecule has 3 fully saturated rings. The highest BCUT2D eigenvalue weighted by Gasteiger charge is 2.40. The molecule has 0 unspecified atom stereocenters. The van der Waals surface area contributed by atoms with Crippen LogP contribution in [0.1, 0.15) is 31.2 Å². The highest BCUT2D eigenvalue weighted by Crippen LogP contribution is 2.42. The van der Waals surface area contributed by atoms with Crippen molar-refractivity contribution in [2.24, 2.45) is 5.41 Å². The Labute approximate surface area is 199 Å². The largest absolute Gasteiger partial charge is 0.447 e. The molecule has 1 aromatic heterocycles. The SMILES string of the molecule is O=C1OCCN1c1ccc(S(=O)(=O)N2CCC3(CCN(Cc4ccccc4F)CC3)CC2)cn1. The number of cyclic esters (lactones) is 1. The third kappa shape index (κ3) is 4.54. The smallest absolute Gasteiger partial charge is 0.415 e. The molecule has 0 N–H and O–H groups in total. The molecule has 0 aliphatic carbocycles. The van der Waals surface area contributed by atoms with Crippen LogP contribution in [0.3, 0.4) is 0 Å². The van der Waals surface area contributed by atoms with Gasteiger partial charge >= 0.3 is 6.09 Å². The van der Waals surface area contributed by atoms with E-state index in [4.69, 9.17) is 4.74 Å². The van der Waals surface area contributed by atoms with Gasteiger partial charge in [-0.1, -0.05) is 18.2 Å². The minimum absolute atomic E-state index is 0.138. The van der Waals surface area contributed by atoms with Crippen molar-refractivity contribution in [3.8, 4) is 0 Å². The number of carbonyl (C=O) groups is 1. The van der Waals surface area contributed by atoms with Crippen molar-refractivity contribution in [2.75, 3.05) is 44.2 Å². The molecule has 0 atom stereocenters. The van der Waals surface area contributed by atoms with Gasteiger partial charge in [0.25, 0.3) is 0 Å². The van der Waals surface area contributed by atoms with Crippen molar-refractivity contribution >= 4 is 21.9 Å². The minimum Gasteiger partial charge on any atom is -0.447 e. The maximum Gasteiger partial charge on any atom is 0.415 e. The van der Waals surface area contributed by atoms with E-state index in [0.717, 1.165) is 44.3 Å². The fourth-order valence-electron chi connectivity index (χ4n) is 5.19. The van der Waals surface area contributed by atoms with E-state index in [1.807, 2.05) is 12.1 Å². The molecule has 182 valence electrons. The Morgan fingerprint density at radius 1 is 0.971 bits per heavy atom. The van der Waals surface area contributed by atoms with Crippen molar-refractivity contribution < 1.29 is 22.3 Å². The zero-order valence-electron chi connectivity index (χ0n) is 19.0. The number of carbonyl (C=O) groups excluding carboxylic acids is 1. The maximum absolute atomic E-state index is 14.0. The predicted octanol–water partition coefficient (Wildman–Crippen LogP) is 3.24. The van der Waals surface area contributed by atoms with Crippen LogP contribution in [0.4, 0.5) is 15.0 Å². The summed E-state index contributed by atoms with van der Waals surface area (Å²) in [5.41, 5.74) is 0.872. The monoisotopic (exact) mass is 488 g/mol. The number of hydrogen-bond acceptors (Lipinski definition) is 6. The first-order chi connectivity index (χ1) is 16.4. The zero-order chi connectivity index (χ0) is 23.8. The molecule has 3 saturated heterocycles. The quantitative estimate of drug-likeness (QED) is 0.643. The van der Waals surface area contributed by atoms with E-state index >= 15 is 0 Å². The van der Waals surface area contributed by atoms with Gasteiger partial charge in [0.05, 0.1) is 6.54 Å². The molecule has 0 bridgehead atoms. The van der Waals surface area contributed by atoms with E-state index in [0.29, 0.717) is 38.6 Å². The number of sulfonamides is 1. The summed E-state index contributed by atoms with van der Waals surface area (Å²) in [5.74, 6) is 0.227. The summed E-state index contributed by atoms with van der Waals surface area (Å²) >= 11 is 0. The average molecular weight is 489 g/mol. The van der Waals surface area contributed by atoms with Crippen molar-refractivity contribution in [1.29, 1.82) is 0 Å². The minimum atomic E-state index is -3.64. The fraction of sp³-hybridized carbons (Fsp3) is 0.500. The normalized spacial score (nSPS) is 21.7. The number of anilines is 1. The lowest BCUT2D eigenvalue weighted by Crippen LogP contribution is -2.48. The maximum atomic E-state index is 14.0. The van der Waals surface area contributed by atoms with Gasteiger partial charge in [0.15, 0.2) is 0 Å². The molecule has 10 heteroatoms. The van der Waals surface area contributed by atoms with Gasteiger partial charge in [0.1, 0.15) is 23.1 Å². The molecule has 0 radical (unpaired) electrons. The van der Waals surface area contributed by atoms with Gasteiger partial charge < -0.3 is 4.74 Å². The van der Waals surface area contributed by atoms with Gasteiger partial charge in [0.2, 0.25) is 10.0 Å². The summed E-state index contributed by atoms with van der Waals surface area (Å²) < 4.78 is 46.8. The second-order valence-corrected chi connectivity index (χ2v) is 11.3. The molecule has 8 nitrogen and oxygen atoms in total. The van der Waals surface area contributed by atoms with E-state index in [1.54, 1.807) is 16.4 Å². The lowest BCUT2D eigenvalue weighted by atomic mass is 9.71. The average Bonchev–Trinajstić information content (AvgIpc) is 3.28. The molecule has 1 aromatic carbocycles. The zero-order valence-corrected chi connectivity index (χ0v) is 19.8. The highest BCUT2D eigenvalue weighted by molar-refractivity contribution is 7.89. The van der Waals surface area contributed by atoms with Crippen LogP contribution < -0.4 is 4.90 Å². The number of benzene rings is 1. The van der Waals surface area contributed by atoms with Crippen molar-refractivity contribution in [2.45, 2.75) is 37.1 Å². The summed E-state index contributed by atoms with van der Waals surface area (Å²) in [4.78, 5) is 19.7. The van der Waals surface area contributed by atoms with Gasteiger partial charge in [-0.15, -0.1) is 0 Å². The number of piperidine rings is 2. The van der Waals surface area contributed by atoms with Crippen LogP contribution in [0.2, 0.25) is 0 Å². The number of nitrogens with zero attached hydrogens (tertiary/aromatic N) is 4. The molecule has 2 aromatic rings. The number of rotatable bonds is 5. The predicted molar refractivity (Wildman–Crippen MR) is 124 cm³/mol. The first-order valence-corrected chi connectivity index (χ1v) is 13.2. The molecular weight excluding hydrogens is 459 g/mol. The van der Waals surface area contributed by atoms with E-state index in [9.17, 15) is 17.6 Å². The summed E-state index contributed by atoms with van der Waals surface area (Å²) in [6.45, 7) is 4.07. The lowest BCUT2D eigenvalue weighted by molar-refractivity contribution is 0.0525. The number of likely N-dealkylation sites (tertiary alicyclic amines) is 1. The number of amides is 1. The molecular formula is C24H29FN4O4S. The number of aromatic nitrogens is 1. The molecule has 5 rings (SSSR count). The van der Waals surface area contributed by atoms with Crippen LogP contribution in [0.25, 0.3) is 0 Å². The third-order valence-electron chi connectivity index (χ3n) is 7.45. The molecule has 1 amide bonds. The molecule has 3 aliphatic heterocycles. The van der Waals surface area contributed by atoms with Crippen LogP contribution in [0.5, 0.6) is 0 Å². The Bertz CT molecular complexity index is 1140. The second kappa shape index (κ2) is 9.24. The lowest BCUT2D eigenvalue weighted by Gasteiger charge is -2.46. The van der Waals surface area contributed by atoms with Gasteiger partial charge in [-0.3, -0.25) is 9.80 Å².